The first-order chi connectivity index (χ1) is 7.95. The van der Waals surface area contributed by atoms with Gasteiger partial charge in [0.2, 0.25) is 11.4 Å². The average molecular weight is 236 g/mol. The molecule has 0 spiro atoms. The first kappa shape index (κ1) is 11.4. The van der Waals surface area contributed by atoms with Gasteiger partial charge in [0, 0.05) is 11.1 Å². The van der Waals surface area contributed by atoms with Gasteiger partial charge in [-0.25, -0.2) is 0 Å². The largest absolute Gasteiger partial charge is 0.368 e. The lowest BCUT2D eigenvalue weighted by molar-refractivity contribution is -0.113. The SMILES string of the molecule is O=CC#CC1(O)c2ccccc2C(=O)C1(F)F. The summed E-state index contributed by atoms with van der Waals surface area (Å²) in [6.07, 6.45) is 0.0828. The Kier molecular flexibility index (Phi) is 2.33. The van der Waals surface area contributed by atoms with Crippen LogP contribution in [0.15, 0.2) is 24.3 Å². The van der Waals surface area contributed by atoms with Gasteiger partial charge < -0.3 is 5.11 Å². The predicted molar refractivity (Wildman–Crippen MR) is 53.5 cm³/mol. The number of hydrogen-bond donors (Lipinski definition) is 1. The molecule has 0 saturated carbocycles. The maximum Gasteiger partial charge on any atom is 0.353 e. The Balaban J connectivity index is 2.74. The molecule has 5 heteroatoms. The van der Waals surface area contributed by atoms with Crippen molar-refractivity contribution in [1.29, 1.82) is 0 Å². The molecular formula is C12H6F2O3. The van der Waals surface area contributed by atoms with Crippen LogP contribution in [0.25, 0.3) is 0 Å². The molecule has 1 unspecified atom stereocenters. The number of hydrogen-bond acceptors (Lipinski definition) is 3. The molecule has 0 radical (unpaired) electrons. The van der Waals surface area contributed by atoms with Crippen LogP contribution < -0.4 is 0 Å². The number of aliphatic hydroxyl groups is 1. The Labute approximate surface area is 95.1 Å². The van der Waals surface area contributed by atoms with Crippen LogP contribution in [0.4, 0.5) is 8.78 Å². The molecule has 3 nitrogen and oxygen atoms in total. The van der Waals surface area contributed by atoms with E-state index in [1.807, 2.05) is 0 Å². The van der Waals surface area contributed by atoms with Gasteiger partial charge in [-0.05, 0) is 11.8 Å². The molecular weight excluding hydrogens is 230 g/mol. The Morgan fingerprint density at radius 1 is 1.29 bits per heavy atom. The first-order valence-electron chi connectivity index (χ1n) is 4.66. The molecule has 1 aliphatic rings. The molecule has 2 rings (SSSR count). The fraction of sp³-hybridized carbons (Fsp3) is 0.167. The minimum atomic E-state index is -4.05. The second kappa shape index (κ2) is 3.47. The van der Waals surface area contributed by atoms with Crippen molar-refractivity contribution < 1.29 is 23.5 Å². The van der Waals surface area contributed by atoms with Crippen LogP contribution in [0.2, 0.25) is 0 Å². The fourth-order valence-corrected chi connectivity index (χ4v) is 1.78. The lowest BCUT2D eigenvalue weighted by atomic mass is 9.94. The third kappa shape index (κ3) is 1.31. The molecule has 1 N–H and O–H groups in total. The highest BCUT2D eigenvalue weighted by atomic mass is 19.3. The minimum absolute atomic E-state index is 0.0828. The summed E-state index contributed by atoms with van der Waals surface area (Å²) in [5.41, 5.74) is -3.48. The summed E-state index contributed by atoms with van der Waals surface area (Å²) in [6.45, 7) is 0. The topological polar surface area (TPSA) is 54.4 Å². The smallest absolute Gasteiger partial charge is 0.353 e. The maximum absolute atomic E-state index is 13.7. The second-order valence-electron chi connectivity index (χ2n) is 3.55. The molecule has 1 aromatic carbocycles. The monoisotopic (exact) mass is 236 g/mol. The molecule has 0 aliphatic heterocycles. The summed E-state index contributed by atoms with van der Waals surface area (Å²) >= 11 is 0. The van der Waals surface area contributed by atoms with E-state index in [1.165, 1.54) is 24.3 Å². The maximum atomic E-state index is 13.7. The number of fused-ring (bicyclic) bond motifs is 1. The number of Topliss-reactive ketones (excluding diaryl/α,β-unsaturated/α-hetero) is 1. The lowest BCUT2D eigenvalue weighted by Gasteiger charge is -2.23. The van der Waals surface area contributed by atoms with Crippen molar-refractivity contribution in [2.75, 3.05) is 0 Å². The van der Waals surface area contributed by atoms with Crippen molar-refractivity contribution in [3.05, 3.63) is 35.4 Å². The number of carbonyl (C=O) groups is 2. The molecule has 0 heterocycles. The van der Waals surface area contributed by atoms with Gasteiger partial charge in [-0.15, -0.1) is 0 Å². The van der Waals surface area contributed by atoms with Gasteiger partial charge in [0.1, 0.15) is 0 Å². The van der Waals surface area contributed by atoms with Crippen molar-refractivity contribution in [3.8, 4) is 11.8 Å². The van der Waals surface area contributed by atoms with E-state index in [0.29, 0.717) is 0 Å². The van der Waals surface area contributed by atoms with Crippen LogP contribution in [0.1, 0.15) is 15.9 Å². The van der Waals surface area contributed by atoms with Crippen molar-refractivity contribution in [2.45, 2.75) is 11.5 Å². The van der Waals surface area contributed by atoms with Crippen molar-refractivity contribution >= 4 is 12.1 Å². The normalized spacial score (nSPS) is 24.8. The Hall–Kier alpha value is -2.06. The van der Waals surface area contributed by atoms with E-state index < -0.39 is 17.3 Å². The molecule has 0 fully saturated rings. The quantitative estimate of drug-likeness (QED) is 0.538. The van der Waals surface area contributed by atoms with E-state index >= 15 is 0 Å². The van der Waals surface area contributed by atoms with E-state index in [1.54, 1.807) is 11.8 Å². The summed E-state index contributed by atoms with van der Waals surface area (Å²) in [6, 6.07) is 5.19. The summed E-state index contributed by atoms with van der Waals surface area (Å²) in [7, 11) is 0. The van der Waals surface area contributed by atoms with Crippen LogP contribution in [0.5, 0.6) is 0 Å². The van der Waals surface area contributed by atoms with Crippen molar-refractivity contribution in [3.63, 3.8) is 0 Å². The molecule has 1 atom stereocenters. The van der Waals surface area contributed by atoms with Gasteiger partial charge >= 0.3 is 5.92 Å². The van der Waals surface area contributed by atoms with Crippen molar-refractivity contribution in [1.82, 2.24) is 0 Å². The number of rotatable bonds is 0. The summed E-state index contributed by atoms with van der Waals surface area (Å²) < 4.78 is 27.4. The number of halogens is 2. The van der Waals surface area contributed by atoms with Crippen molar-refractivity contribution in [2.24, 2.45) is 0 Å². The minimum Gasteiger partial charge on any atom is -0.368 e. The van der Waals surface area contributed by atoms with E-state index in [4.69, 9.17) is 0 Å². The van der Waals surface area contributed by atoms with Crippen LogP contribution in [0.3, 0.4) is 0 Å². The predicted octanol–water partition coefficient (Wildman–Crippen LogP) is 0.908. The number of benzene rings is 1. The van der Waals surface area contributed by atoms with E-state index in [-0.39, 0.29) is 17.4 Å². The van der Waals surface area contributed by atoms with Crippen LogP contribution in [-0.2, 0) is 10.4 Å². The molecule has 1 aromatic rings. The van der Waals surface area contributed by atoms with Crippen LogP contribution in [0, 0.1) is 11.8 Å². The molecule has 0 bridgehead atoms. The first-order valence-corrected chi connectivity index (χ1v) is 4.66. The molecule has 0 saturated heterocycles. The van der Waals surface area contributed by atoms with Gasteiger partial charge in [-0.3, -0.25) is 9.59 Å². The lowest BCUT2D eigenvalue weighted by Crippen LogP contribution is -2.43. The highest BCUT2D eigenvalue weighted by Crippen LogP contribution is 2.47. The zero-order valence-corrected chi connectivity index (χ0v) is 8.41. The van der Waals surface area contributed by atoms with E-state index in [9.17, 15) is 23.5 Å². The molecule has 0 aromatic heterocycles. The Morgan fingerprint density at radius 2 is 1.94 bits per heavy atom. The van der Waals surface area contributed by atoms with Crippen LogP contribution in [-0.4, -0.2) is 23.1 Å². The standard InChI is InChI=1S/C12H6F2O3/c13-12(14)10(16)8-4-1-2-5-9(8)11(12,17)6-3-7-15/h1-2,4-5,7,17H. The van der Waals surface area contributed by atoms with Gasteiger partial charge in [0.25, 0.3) is 0 Å². The molecule has 86 valence electrons. The van der Waals surface area contributed by atoms with Gasteiger partial charge in [0.05, 0.1) is 0 Å². The molecule has 1 aliphatic carbocycles. The Morgan fingerprint density at radius 3 is 2.59 bits per heavy atom. The van der Waals surface area contributed by atoms with Gasteiger partial charge in [-0.1, -0.05) is 24.3 Å². The zero-order chi connectivity index (χ0) is 12.7. The van der Waals surface area contributed by atoms with Gasteiger partial charge in [0.15, 0.2) is 6.29 Å². The summed E-state index contributed by atoms with van der Waals surface area (Å²) in [5.74, 6) is -2.05. The Bertz CT molecular complexity index is 569. The third-order valence-corrected chi connectivity index (χ3v) is 2.61. The molecule has 0 amide bonds. The number of ketones is 1. The molecule has 17 heavy (non-hydrogen) atoms. The number of alkyl halides is 2. The summed E-state index contributed by atoms with van der Waals surface area (Å²) in [4.78, 5) is 21.5. The van der Waals surface area contributed by atoms with Gasteiger partial charge in [-0.2, -0.15) is 8.78 Å². The second-order valence-corrected chi connectivity index (χ2v) is 3.55. The fourth-order valence-electron chi connectivity index (χ4n) is 1.78. The van der Waals surface area contributed by atoms with Crippen LogP contribution >= 0.6 is 0 Å². The number of carbonyl (C=O) groups excluding carboxylic acids is 2. The highest BCUT2D eigenvalue weighted by molar-refractivity contribution is 6.08. The highest BCUT2D eigenvalue weighted by Gasteiger charge is 2.65. The summed E-state index contributed by atoms with van der Waals surface area (Å²) in [5, 5.41) is 9.87. The average Bonchev–Trinajstić information content (AvgIpc) is 2.48. The number of aldehydes is 1. The third-order valence-electron chi connectivity index (χ3n) is 2.61. The van der Waals surface area contributed by atoms with E-state index in [0.717, 1.165) is 0 Å². The zero-order valence-electron chi connectivity index (χ0n) is 8.41. The van der Waals surface area contributed by atoms with E-state index in [2.05, 4.69) is 0 Å².